The standard InChI is InChI=1S/C8H13NOS/c1-6-4-7(5-11-6)8(9)2-3-10/h4-5,8,10H,2-3,9H2,1H3/t8-/m0/s1. The minimum absolute atomic E-state index is 0.00458. The second-order valence-electron chi connectivity index (χ2n) is 2.61. The summed E-state index contributed by atoms with van der Waals surface area (Å²) in [6.07, 6.45) is 0.649. The fourth-order valence-corrected chi connectivity index (χ4v) is 1.73. The van der Waals surface area contributed by atoms with Gasteiger partial charge in [-0.15, -0.1) is 11.3 Å². The first-order valence-corrected chi connectivity index (χ1v) is 4.53. The van der Waals surface area contributed by atoms with Crippen molar-refractivity contribution in [3.8, 4) is 0 Å². The van der Waals surface area contributed by atoms with Gasteiger partial charge in [-0.05, 0) is 30.4 Å². The Labute approximate surface area is 70.7 Å². The SMILES string of the molecule is Cc1cc([C@@H](N)CCO)cs1. The predicted molar refractivity (Wildman–Crippen MR) is 47.7 cm³/mol. The molecule has 1 rings (SSSR count). The molecule has 0 aliphatic heterocycles. The van der Waals surface area contributed by atoms with Crippen LogP contribution in [0.3, 0.4) is 0 Å². The van der Waals surface area contributed by atoms with Gasteiger partial charge in [0.15, 0.2) is 0 Å². The second kappa shape index (κ2) is 3.85. The molecule has 3 heteroatoms. The number of aryl methyl sites for hydroxylation is 1. The van der Waals surface area contributed by atoms with Gasteiger partial charge in [0.1, 0.15) is 0 Å². The average Bonchev–Trinajstić information content (AvgIpc) is 2.36. The van der Waals surface area contributed by atoms with Gasteiger partial charge in [0, 0.05) is 17.5 Å². The molecule has 1 heterocycles. The number of hydrogen-bond donors (Lipinski definition) is 2. The van der Waals surface area contributed by atoms with Gasteiger partial charge in [0.25, 0.3) is 0 Å². The van der Waals surface area contributed by atoms with Crippen molar-refractivity contribution in [2.75, 3.05) is 6.61 Å². The van der Waals surface area contributed by atoms with E-state index in [9.17, 15) is 0 Å². The summed E-state index contributed by atoms with van der Waals surface area (Å²) in [5.41, 5.74) is 6.91. The summed E-state index contributed by atoms with van der Waals surface area (Å²) in [6, 6.07) is 2.08. The number of hydrogen-bond acceptors (Lipinski definition) is 3. The molecule has 3 N–H and O–H groups in total. The molecule has 0 bridgehead atoms. The van der Waals surface area contributed by atoms with Gasteiger partial charge in [0.2, 0.25) is 0 Å². The van der Waals surface area contributed by atoms with Crippen molar-refractivity contribution in [3.05, 3.63) is 21.9 Å². The third kappa shape index (κ3) is 2.29. The molecular formula is C8H13NOS. The van der Waals surface area contributed by atoms with E-state index in [2.05, 4.69) is 18.4 Å². The van der Waals surface area contributed by atoms with Gasteiger partial charge in [-0.1, -0.05) is 0 Å². The van der Waals surface area contributed by atoms with E-state index in [4.69, 9.17) is 10.8 Å². The van der Waals surface area contributed by atoms with Crippen LogP contribution in [-0.2, 0) is 0 Å². The Hall–Kier alpha value is -0.380. The minimum Gasteiger partial charge on any atom is -0.396 e. The Morgan fingerprint density at radius 1 is 1.73 bits per heavy atom. The normalized spacial score (nSPS) is 13.4. The average molecular weight is 171 g/mol. The van der Waals surface area contributed by atoms with Crippen LogP contribution in [0.1, 0.15) is 22.9 Å². The molecule has 0 unspecified atom stereocenters. The van der Waals surface area contributed by atoms with Crippen LogP contribution in [0.2, 0.25) is 0 Å². The maximum absolute atomic E-state index is 8.63. The topological polar surface area (TPSA) is 46.2 Å². The number of nitrogens with two attached hydrogens (primary N) is 1. The van der Waals surface area contributed by atoms with Gasteiger partial charge < -0.3 is 10.8 Å². The first kappa shape index (κ1) is 8.71. The van der Waals surface area contributed by atoms with Gasteiger partial charge >= 0.3 is 0 Å². The van der Waals surface area contributed by atoms with Crippen LogP contribution >= 0.6 is 11.3 Å². The smallest absolute Gasteiger partial charge is 0.0449 e. The second-order valence-corrected chi connectivity index (χ2v) is 3.72. The zero-order chi connectivity index (χ0) is 8.27. The maximum atomic E-state index is 8.63. The van der Waals surface area contributed by atoms with E-state index in [1.807, 2.05) is 0 Å². The van der Waals surface area contributed by atoms with Gasteiger partial charge in [0.05, 0.1) is 0 Å². The summed E-state index contributed by atoms with van der Waals surface area (Å²) in [6.45, 7) is 2.22. The molecule has 1 atom stereocenters. The van der Waals surface area contributed by atoms with Crippen molar-refractivity contribution in [1.82, 2.24) is 0 Å². The predicted octanol–water partition coefficient (Wildman–Crippen LogP) is 1.44. The fraction of sp³-hybridized carbons (Fsp3) is 0.500. The number of aliphatic hydroxyl groups excluding tert-OH is 1. The van der Waals surface area contributed by atoms with Crippen molar-refractivity contribution in [1.29, 1.82) is 0 Å². The Morgan fingerprint density at radius 3 is 2.91 bits per heavy atom. The molecule has 0 aliphatic carbocycles. The van der Waals surface area contributed by atoms with Crippen LogP contribution in [0.4, 0.5) is 0 Å². The molecule has 0 saturated heterocycles. The van der Waals surface area contributed by atoms with Gasteiger partial charge in [-0.2, -0.15) is 0 Å². The van der Waals surface area contributed by atoms with E-state index in [0.29, 0.717) is 6.42 Å². The largest absolute Gasteiger partial charge is 0.396 e. The van der Waals surface area contributed by atoms with Crippen LogP contribution in [0.5, 0.6) is 0 Å². The van der Waals surface area contributed by atoms with Crippen molar-refractivity contribution in [3.63, 3.8) is 0 Å². The highest BCUT2D eigenvalue weighted by atomic mass is 32.1. The lowest BCUT2D eigenvalue weighted by molar-refractivity contribution is 0.276. The number of thiophene rings is 1. The van der Waals surface area contributed by atoms with Crippen molar-refractivity contribution < 1.29 is 5.11 Å². The third-order valence-electron chi connectivity index (χ3n) is 1.62. The van der Waals surface area contributed by atoms with Crippen molar-refractivity contribution in [2.45, 2.75) is 19.4 Å². The molecular weight excluding hydrogens is 158 g/mol. The zero-order valence-corrected chi connectivity index (χ0v) is 7.40. The van der Waals surface area contributed by atoms with E-state index in [1.54, 1.807) is 11.3 Å². The molecule has 1 aromatic heterocycles. The first-order valence-electron chi connectivity index (χ1n) is 3.65. The Balaban J connectivity index is 2.60. The van der Waals surface area contributed by atoms with E-state index in [-0.39, 0.29) is 12.6 Å². The summed E-state index contributed by atoms with van der Waals surface area (Å²) in [4.78, 5) is 1.27. The van der Waals surface area contributed by atoms with E-state index < -0.39 is 0 Å². The molecule has 0 radical (unpaired) electrons. The molecule has 2 nitrogen and oxygen atoms in total. The highest BCUT2D eigenvalue weighted by Crippen LogP contribution is 2.20. The summed E-state index contributed by atoms with van der Waals surface area (Å²) in [5.74, 6) is 0. The van der Waals surface area contributed by atoms with Crippen LogP contribution in [0.25, 0.3) is 0 Å². The zero-order valence-electron chi connectivity index (χ0n) is 6.58. The van der Waals surface area contributed by atoms with E-state index >= 15 is 0 Å². The van der Waals surface area contributed by atoms with Crippen molar-refractivity contribution in [2.24, 2.45) is 5.73 Å². The molecule has 0 aliphatic rings. The lowest BCUT2D eigenvalue weighted by atomic mass is 10.1. The van der Waals surface area contributed by atoms with Crippen molar-refractivity contribution >= 4 is 11.3 Å². The summed E-state index contributed by atoms with van der Waals surface area (Å²) < 4.78 is 0. The quantitative estimate of drug-likeness (QED) is 0.723. The number of aliphatic hydroxyl groups is 1. The highest BCUT2D eigenvalue weighted by Gasteiger charge is 2.05. The van der Waals surface area contributed by atoms with Crippen LogP contribution in [0.15, 0.2) is 11.4 Å². The van der Waals surface area contributed by atoms with Gasteiger partial charge in [-0.3, -0.25) is 0 Å². The molecule has 11 heavy (non-hydrogen) atoms. The Kier molecular flexibility index (Phi) is 3.05. The lowest BCUT2D eigenvalue weighted by Crippen LogP contribution is -2.10. The highest BCUT2D eigenvalue weighted by molar-refractivity contribution is 7.10. The third-order valence-corrected chi connectivity index (χ3v) is 2.50. The molecule has 0 saturated carbocycles. The fourth-order valence-electron chi connectivity index (χ4n) is 0.964. The van der Waals surface area contributed by atoms with Crippen LogP contribution < -0.4 is 5.73 Å². The minimum atomic E-state index is 0.00458. The van der Waals surface area contributed by atoms with E-state index in [1.165, 1.54) is 4.88 Å². The summed E-state index contributed by atoms with van der Waals surface area (Å²) >= 11 is 1.70. The molecule has 0 amide bonds. The van der Waals surface area contributed by atoms with E-state index in [0.717, 1.165) is 5.56 Å². The lowest BCUT2D eigenvalue weighted by Gasteiger charge is -2.05. The summed E-state index contributed by atoms with van der Waals surface area (Å²) in [7, 11) is 0. The molecule has 0 fully saturated rings. The maximum Gasteiger partial charge on any atom is 0.0449 e. The molecule has 0 spiro atoms. The van der Waals surface area contributed by atoms with Gasteiger partial charge in [-0.25, -0.2) is 0 Å². The first-order chi connectivity index (χ1) is 5.24. The summed E-state index contributed by atoms with van der Waals surface area (Å²) in [5, 5.41) is 10.7. The Morgan fingerprint density at radius 2 is 2.45 bits per heavy atom. The molecule has 1 aromatic rings. The molecule has 62 valence electrons. The molecule has 0 aromatic carbocycles. The monoisotopic (exact) mass is 171 g/mol. The Bertz CT molecular complexity index is 222. The van der Waals surface area contributed by atoms with Crippen LogP contribution in [-0.4, -0.2) is 11.7 Å². The number of rotatable bonds is 3. The van der Waals surface area contributed by atoms with Crippen LogP contribution in [0, 0.1) is 6.92 Å².